The Morgan fingerprint density at radius 2 is 1.95 bits per heavy atom. The van der Waals surface area contributed by atoms with Crippen LogP contribution in [0.3, 0.4) is 0 Å². The van der Waals surface area contributed by atoms with E-state index in [0.29, 0.717) is 11.3 Å². The van der Waals surface area contributed by atoms with Gasteiger partial charge in [0.25, 0.3) is 0 Å². The smallest absolute Gasteiger partial charge is 0.226 e. The average molecular weight is 300 g/mol. The van der Waals surface area contributed by atoms with Gasteiger partial charge in [-0.25, -0.2) is 0 Å². The molecule has 1 aliphatic heterocycles. The van der Waals surface area contributed by atoms with Crippen LogP contribution < -0.4 is 5.32 Å². The van der Waals surface area contributed by atoms with E-state index in [1.54, 1.807) is 0 Å². The summed E-state index contributed by atoms with van der Waals surface area (Å²) in [6.07, 6.45) is 4.42. The zero-order valence-corrected chi connectivity index (χ0v) is 13.8. The summed E-state index contributed by atoms with van der Waals surface area (Å²) in [7, 11) is 0. The fourth-order valence-electron chi connectivity index (χ4n) is 4.22. The second-order valence-electron chi connectivity index (χ2n) is 6.83. The number of carbonyl (C=O) groups is 1. The third-order valence-corrected chi connectivity index (χ3v) is 5.66. The fraction of sp³-hybridized carbons (Fsp3) is 0.632. The van der Waals surface area contributed by atoms with Crippen LogP contribution in [0.1, 0.15) is 51.1 Å². The first-order chi connectivity index (χ1) is 10.7. The summed E-state index contributed by atoms with van der Waals surface area (Å²) in [5.41, 5.74) is 1.59. The molecule has 1 N–H and O–H groups in total. The zero-order chi connectivity index (χ0) is 15.6. The molecule has 1 amide bonds. The van der Waals surface area contributed by atoms with Gasteiger partial charge in [0.1, 0.15) is 0 Å². The van der Waals surface area contributed by atoms with Gasteiger partial charge in [0, 0.05) is 12.5 Å². The van der Waals surface area contributed by atoms with Crippen LogP contribution >= 0.6 is 0 Å². The summed E-state index contributed by atoms with van der Waals surface area (Å²) in [4.78, 5) is 15.2. The predicted octanol–water partition coefficient (Wildman–Crippen LogP) is 3.38. The molecule has 2 fully saturated rings. The van der Waals surface area contributed by atoms with Crippen molar-refractivity contribution in [3.05, 3.63) is 35.9 Å². The summed E-state index contributed by atoms with van der Waals surface area (Å²) in [6.45, 7) is 7.25. The van der Waals surface area contributed by atoms with E-state index in [2.05, 4.69) is 48.3 Å². The molecule has 2 aliphatic rings. The molecule has 1 saturated heterocycles. The molecule has 2 atom stereocenters. The Labute approximate surface area is 134 Å². The van der Waals surface area contributed by atoms with Gasteiger partial charge in [-0.2, -0.15) is 0 Å². The summed E-state index contributed by atoms with van der Waals surface area (Å²) in [5.74, 6) is 0.660. The molecule has 3 heteroatoms. The maximum atomic E-state index is 13.1. The number of nitrogens with one attached hydrogen (secondary N) is 1. The lowest BCUT2D eigenvalue weighted by Crippen LogP contribution is -2.38. The molecule has 0 aromatic heterocycles. The van der Waals surface area contributed by atoms with Gasteiger partial charge in [0.15, 0.2) is 0 Å². The van der Waals surface area contributed by atoms with Gasteiger partial charge in [-0.1, -0.05) is 37.3 Å². The molecule has 120 valence electrons. The summed E-state index contributed by atoms with van der Waals surface area (Å²) < 4.78 is 0. The van der Waals surface area contributed by atoms with Crippen LogP contribution in [0.15, 0.2) is 30.3 Å². The van der Waals surface area contributed by atoms with Crippen molar-refractivity contribution in [1.82, 2.24) is 10.2 Å². The monoisotopic (exact) mass is 300 g/mol. The minimum absolute atomic E-state index is 0.220. The Kier molecular flexibility index (Phi) is 4.53. The lowest BCUT2D eigenvalue weighted by Gasteiger charge is -2.32. The predicted molar refractivity (Wildman–Crippen MR) is 89.5 cm³/mol. The first kappa shape index (κ1) is 15.5. The first-order valence-electron chi connectivity index (χ1n) is 8.78. The second kappa shape index (κ2) is 6.41. The molecule has 1 aromatic carbocycles. The van der Waals surface area contributed by atoms with E-state index in [1.165, 1.54) is 18.4 Å². The topological polar surface area (TPSA) is 32.3 Å². The summed E-state index contributed by atoms with van der Waals surface area (Å²) in [5, 5.41) is 3.42. The standard InChI is InChI=1S/C19H28N2O/c1-3-17(15-8-6-5-7-9-15)21(4-2)18(22)16-14-19(16)10-12-20-13-11-19/h5-9,16-17,20H,3-4,10-14H2,1-2H3. The number of hydrogen-bond donors (Lipinski definition) is 1. The fourth-order valence-corrected chi connectivity index (χ4v) is 4.22. The number of piperidine rings is 1. The summed E-state index contributed by atoms with van der Waals surface area (Å²) in [6, 6.07) is 10.7. The van der Waals surface area contributed by atoms with Crippen molar-refractivity contribution in [2.24, 2.45) is 11.3 Å². The van der Waals surface area contributed by atoms with Crippen LogP contribution in [0, 0.1) is 11.3 Å². The molecule has 0 radical (unpaired) electrons. The van der Waals surface area contributed by atoms with E-state index in [4.69, 9.17) is 0 Å². The number of benzene rings is 1. The van der Waals surface area contributed by atoms with E-state index in [-0.39, 0.29) is 12.0 Å². The van der Waals surface area contributed by atoms with Gasteiger partial charge >= 0.3 is 0 Å². The molecule has 22 heavy (non-hydrogen) atoms. The third kappa shape index (κ3) is 2.79. The van der Waals surface area contributed by atoms with Gasteiger partial charge in [-0.15, -0.1) is 0 Å². The van der Waals surface area contributed by atoms with E-state index in [1.807, 2.05) is 6.07 Å². The first-order valence-corrected chi connectivity index (χ1v) is 8.78. The molecule has 1 spiro atoms. The van der Waals surface area contributed by atoms with Gasteiger partial charge in [-0.3, -0.25) is 4.79 Å². The maximum absolute atomic E-state index is 13.1. The highest BCUT2D eigenvalue weighted by atomic mass is 16.2. The minimum Gasteiger partial charge on any atom is -0.336 e. The van der Waals surface area contributed by atoms with Gasteiger partial charge < -0.3 is 10.2 Å². The second-order valence-corrected chi connectivity index (χ2v) is 6.83. The quantitative estimate of drug-likeness (QED) is 0.904. The Bertz CT molecular complexity index is 507. The van der Waals surface area contributed by atoms with E-state index >= 15 is 0 Å². The molecule has 2 unspecified atom stereocenters. The van der Waals surface area contributed by atoms with E-state index in [0.717, 1.165) is 32.5 Å². The van der Waals surface area contributed by atoms with Gasteiger partial charge in [-0.05, 0) is 56.7 Å². The van der Waals surface area contributed by atoms with E-state index < -0.39 is 0 Å². The third-order valence-electron chi connectivity index (χ3n) is 5.66. The van der Waals surface area contributed by atoms with Crippen molar-refractivity contribution >= 4 is 5.91 Å². The highest BCUT2D eigenvalue weighted by Crippen LogP contribution is 2.59. The van der Waals surface area contributed by atoms with Crippen molar-refractivity contribution in [1.29, 1.82) is 0 Å². The van der Waals surface area contributed by atoms with E-state index in [9.17, 15) is 4.79 Å². The van der Waals surface area contributed by atoms with Crippen molar-refractivity contribution in [2.75, 3.05) is 19.6 Å². The van der Waals surface area contributed by atoms with Gasteiger partial charge in [0.05, 0.1) is 6.04 Å². The van der Waals surface area contributed by atoms with Crippen molar-refractivity contribution in [2.45, 2.75) is 45.6 Å². The van der Waals surface area contributed by atoms with Crippen molar-refractivity contribution in [3.63, 3.8) is 0 Å². The molecule has 3 rings (SSSR count). The van der Waals surface area contributed by atoms with Crippen LogP contribution in [0.5, 0.6) is 0 Å². The normalized spacial score (nSPS) is 24.0. The number of amides is 1. The molecule has 1 aliphatic carbocycles. The van der Waals surface area contributed by atoms with Crippen LogP contribution in [0.2, 0.25) is 0 Å². The lowest BCUT2D eigenvalue weighted by atomic mass is 9.91. The van der Waals surface area contributed by atoms with Crippen LogP contribution in [0.4, 0.5) is 0 Å². The molecular weight excluding hydrogens is 272 g/mol. The highest BCUT2D eigenvalue weighted by molar-refractivity contribution is 5.83. The SMILES string of the molecule is CCC(c1ccccc1)N(CC)C(=O)C1CC12CCNCC2. The Morgan fingerprint density at radius 3 is 2.55 bits per heavy atom. The lowest BCUT2D eigenvalue weighted by molar-refractivity contribution is -0.136. The minimum atomic E-state index is 0.220. The van der Waals surface area contributed by atoms with Crippen LogP contribution in [-0.4, -0.2) is 30.4 Å². The van der Waals surface area contributed by atoms with Crippen LogP contribution in [0.25, 0.3) is 0 Å². The highest BCUT2D eigenvalue weighted by Gasteiger charge is 2.58. The number of carbonyl (C=O) groups excluding carboxylic acids is 1. The molecule has 1 heterocycles. The Morgan fingerprint density at radius 1 is 1.27 bits per heavy atom. The molecular formula is C19H28N2O. The Balaban J connectivity index is 1.74. The maximum Gasteiger partial charge on any atom is 0.226 e. The Hall–Kier alpha value is -1.35. The summed E-state index contributed by atoms with van der Waals surface area (Å²) >= 11 is 0. The number of hydrogen-bond acceptors (Lipinski definition) is 2. The average Bonchev–Trinajstić information content (AvgIpc) is 3.26. The zero-order valence-electron chi connectivity index (χ0n) is 13.8. The number of nitrogens with zero attached hydrogens (tertiary/aromatic N) is 1. The number of rotatable bonds is 5. The van der Waals surface area contributed by atoms with Crippen molar-refractivity contribution in [3.8, 4) is 0 Å². The molecule has 1 saturated carbocycles. The van der Waals surface area contributed by atoms with Crippen LogP contribution in [-0.2, 0) is 4.79 Å². The molecule has 1 aromatic rings. The van der Waals surface area contributed by atoms with Gasteiger partial charge in [0.2, 0.25) is 5.91 Å². The molecule has 0 bridgehead atoms. The van der Waals surface area contributed by atoms with Crippen molar-refractivity contribution < 1.29 is 4.79 Å². The largest absolute Gasteiger partial charge is 0.336 e. The molecule has 3 nitrogen and oxygen atoms in total.